The van der Waals surface area contributed by atoms with Crippen LogP contribution in [0, 0.1) is 0 Å². The van der Waals surface area contributed by atoms with Crippen LogP contribution in [-0.4, -0.2) is 33.2 Å². The van der Waals surface area contributed by atoms with Crippen LogP contribution >= 0.6 is 11.8 Å². The third-order valence-electron chi connectivity index (χ3n) is 4.74. The highest BCUT2D eigenvalue weighted by atomic mass is 32.2. The van der Waals surface area contributed by atoms with Crippen LogP contribution in [0.5, 0.6) is 0 Å². The molecule has 0 fully saturated rings. The van der Waals surface area contributed by atoms with E-state index in [0.717, 1.165) is 12.0 Å². The van der Waals surface area contributed by atoms with E-state index in [2.05, 4.69) is 36.2 Å². The van der Waals surface area contributed by atoms with Crippen molar-refractivity contribution in [1.82, 2.24) is 14.5 Å². The second-order valence-corrected chi connectivity index (χ2v) is 7.61. The van der Waals surface area contributed by atoms with Gasteiger partial charge < -0.3 is 4.90 Å². The number of carbonyl (C=O) groups is 1. The third kappa shape index (κ3) is 4.44. The first-order valence-electron chi connectivity index (χ1n) is 9.47. The summed E-state index contributed by atoms with van der Waals surface area (Å²) in [5, 5.41) is 1.19. The molecule has 0 aliphatic carbocycles. The SMILES string of the molecule is CCc1ccc(CN(C)C(=O)CSc2nc3ccccc3c(=O)n2CC)cc1. The molecule has 1 heterocycles. The van der Waals surface area contributed by atoms with Crippen LogP contribution < -0.4 is 5.56 Å². The van der Waals surface area contributed by atoms with Crippen molar-refractivity contribution in [3.8, 4) is 0 Å². The molecular weight excluding hydrogens is 370 g/mol. The molecule has 0 saturated carbocycles. The Hall–Kier alpha value is -2.60. The predicted octanol–water partition coefficient (Wildman–Crippen LogP) is 3.73. The van der Waals surface area contributed by atoms with Gasteiger partial charge in [0.1, 0.15) is 0 Å². The van der Waals surface area contributed by atoms with E-state index in [1.807, 2.05) is 25.1 Å². The summed E-state index contributed by atoms with van der Waals surface area (Å²) < 4.78 is 1.63. The molecule has 0 atom stereocenters. The Morgan fingerprint density at radius 3 is 2.43 bits per heavy atom. The normalized spacial score (nSPS) is 11.0. The monoisotopic (exact) mass is 395 g/mol. The van der Waals surface area contributed by atoms with E-state index >= 15 is 0 Å². The summed E-state index contributed by atoms with van der Waals surface area (Å²) in [6, 6.07) is 15.6. The molecule has 5 nitrogen and oxygen atoms in total. The molecule has 0 aliphatic rings. The fourth-order valence-corrected chi connectivity index (χ4v) is 4.02. The van der Waals surface area contributed by atoms with Gasteiger partial charge in [-0.15, -0.1) is 0 Å². The van der Waals surface area contributed by atoms with Crippen molar-refractivity contribution in [2.45, 2.75) is 38.5 Å². The summed E-state index contributed by atoms with van der Waals surface area (Å²) in [5.41, 5.74) is 2.99. The number of nitrogens with zero attached hydrogens (tertiary/aromatic N) is 3. The predicted molar refractivity (Wildman–Crippen MR) is 115 cm³/mol. The fraction of sp³-hybridized carbons (Fsp3) is 0.318. The molecule has 3 rings (SSSR count). The first-order chi connectivity index (χ1) is 13.5. The molecule has 28 heavy (non-hydrogen) atoms. The second kappa shape index (κ2) is 9.06. The van der Waals surface area contributed by atoms with Crippen LogP contribution in [0.2, 0.25) is 0 Å². The van der Waals surface area contributed by atoms with Gasteiger partial charge in [-0.3, -0.25) is 14.2 Å². The average Bonchev–Trinajstić information content (AvgIpc) is 2.72. The summed E-state index contributed by atoms with van der Waals surface area (Å²) in [4.78, 5) is 31.6. The minimum absolute atomic E-state index is 0.00892. The van der Waals surface area contributed by atoms with Gasteiger partial charge in [-0.25, -0.2) is 4.98 Å². The van der Waals surface area contributed by atoms with Crippen molar-refractivity contribution < 1.29 is 4.79 Å². The summed E-state index contributed by atoms with van der Waals surface area (Å²) in [7, 11) is 1.80. The Kier molecular flexibility index (Phi) is 6.52. The molecule has 0 radical (unpaired) electrons. The zero-order chi connectivity index (χ0) is 20.1. The Morgan fingerprint density at radius 1 is 1.07 bits per heavy atom. The molecule has 0 saturated heterocycles. The van der Waals surface area contributed by atoms with Gasteiger partial charge in [0.15, 0.2) is 5.16 Å². The number of hydrogen-bond acceptors (Lipinski definition) is 4. The number of benzene rings is 2. The van der Waals surface area contributed by atoms with E-state index < -0.39 is 0 Å². The molecule has 146 valence electrons. The van der Waals surface area contributed by atoms with Crippen molar-refractivity contribution in [3.05, 3.63) is 70.0 Å². The van der Waals surface area contributed by atoms with Crippen molar-refractivity contribution in [2.24, 2.45) is 0 Å². The average molecular weight is 396 g/mol. The summed E-state index contributed by atoms with van der Waals surface area (Å²) in [6.07, 6.45) is 1.00. The number of carbonyl (C=O) groups excluding carboxylic acids is 1. The summed E-state index contributed by atoms with van der Waals surface area (Å²) >= 11 is 1.31. The lowest BCUT2D eigenvalue weighted by Crippen LogP contribution is -2.28. The Balaban J connectivity index is 1.70. The standard InChI is InChI=1S/C22H25N3O2S/c1-4-16-10-12-17(13-11-16)14-24(3)20(26)15-28-22-23-19-9-7-6-8-18(19)21(27)25(22)5-2/h6-13H,4-5,14-15H2,1-3H3. The number of amides is 1. The molecular formula is C22H25N3O2S. The smallest absolute Gasteiger partial charge is 0.262 e. The molecule has 0 aliphatic heterocycles. The van der Waals surface area contributed by atoms with Gasteiger partial charge in [-0.05, 0) is 36.6 Å². The maximum Gasteiger partial charge on any atom is 0.262 e. The number of aryl methyl sites for hydroxylation is 1. The van der Waals surface area contributed by atoms with Gasteiger partial charge in [-0.1, -0.05) is 55.1 Å². The van der Waals surface area contributed by atoms with Crippen LogP contribution in [0.3, 0.4) is 0 Å². The van der Waals surface area contributed by atoms with Crippen LogP contribution in [-0.2, 0) is 24.3 Å². The highest BCUT2D eigenvalue weighted by molar-refractivity contribution is 7.99. The van der Waals surface area contributed by atoms with Crippen LogP contribution in [0.1, 0.15) is 25.0 Å². The van der Waals surface area contributed by atoms with E-state index in [1.54, 1.807) is 22.6 Å². The van der Waals surface area contributed by atoms with E-state index in [0.29, 0.717) is 29.1 Å². The zero-order valence-electron chi connectivity index (χ0n) is 16.5. The lowest BCUT2D eigenvalue weighted by molar-refractivity contribution is -0.127. The van der Waals surface area contributed by atoms with Gasteiger partial charge in [0.2, 0.25) is 5.91 Å². The third-order valence-corrected chi connectivity index (χ3v) is 5.71. The lowest BCUT2D eigenvalue weighted by Gasteiger charge is -2.18. The first kappa shape index (κ1) is 20.1. The minimum atomic E-state index is -0.0626. The highest BCUT2D eigenvalue weighted by Crippen LogP contribution is 2.18. The van der Waals surface area contributed by atoms with Crippen molar-refractivity contribution >= 4 is 28.6 Å². The van der Waals surface area contributed by atoms with Gasteiger partial charge in [0.05, 0.1) is 16.7 Å². The summed E-state index contributed by atoms with van der Waals surface area (Å²) in [5.74, 6) is 0.253. The molecule has 2 aromatic carbocycles. The molecule has 6 heteroatoms. The quantitative estimate of drug-likeness (QED) is 0.452. The number of fused-ring (bicyclic) bond motifs is 1. The molecule has 0 bridgehead atoms. The van der Waals surface area contributed by atoms with Crippen molar-refractivity contribution in [2.75, 3.05) is 12.8 Å². The molecule has 0 spiro atoms. The highest BCUT2D eigenvalue weighted by Gasteiger charge is 2.14. The lowest BCUT2D eigenvalue weighted by atomic mass is 10.1. The Morgan fingerprint density at radius 2 is 1.75 bits per heavy atom. The zero-order valence-corrected chi connectivity index (χ0v) is 17.3. The number of aromatic nitrogens is 2. The maximum absolute atomic E-state index is 12.7. The second-order valence-electron chi connectivity index (χ2n) is 6.67. The number of para-hydroxylation sites is 1. The Labute approximate surface area is 169 Å². The van der Waals surface area contributed by atoms with E-state index in [-0.39, 0.29) is 17.2 Å². The topological polar surface area (TPSA) is 55.2 Å². The molecule has 0 unspecified atom stereocenters. The van der Waals surface area contributed by atoms with Crippen molar-refractivity contribution in [3.63, 3.8) is 0 Å². The van der Waals surface area contributed by atoms with Crippen LogP contribution in [0.15, 0.2) is 58.5 Å². The molecule has 3 aromatic rings. The largest absolute Gasteiger partial charge is 0.341 e. The number of rotatable bonds is 7. The molecule has 1 aromatic heterocycles. The van der Waals surface area contributed by atoms with Crippen molar-refractivity contribution in [1.29, 1.82) is 0 Å². The van der Waals surface area contributed by atoms with E-state index in [1.165, 1.54) is 17.3 Å². The fourth-order valence-electron chi connectivity index (χ4n) is 3.02. The minimum Gasteiger partial charge on any atom is -0.341 e. The molecule has 1 amide bonds. The molecule has 0 N–H and O–H groups in total. The van der Waals surface area contributed by atoms with Gasteiger partial charge in [0.25, 0.3) is 5.56 Å². The van der Waals surface area contributed by atoms with E-state index in [4.69, 9.17) is 0 Å². The van der Waals surface area contributed by atoms with E-state index in [9.17, 15) is 9.59 Å². The number of hydrogen-bond donors (Lipinski definition) is 0. The number of thioether (sulfide) groups is 1. The van der Waals surface area contributed by atoms with Gasteiger partial charge in [0, 0.05) is 20.1 Å². The van der Waals surface area contributed by atoms with Crippen LogP contribution in [0.25, 0.3) is 10.9 Å². The first-order valence-corrected chi connectivity index (χ1v) is 10.5. The van der Waals surface area contributed by atoms with Gasteiger partial charge >= 0.3 is 0 Å². The van der Waals surface area contributed by atoms with Crippen LogP contribution in [0.4, 0.5) is 0 Å². The van der Waals surface area contributed by atoms with Gasteiger partial charge in [-0.2, -0.15) is 0 Å². The maximum atomic E-state index is 12.7. The Bertz CT molecular complexity index is 1030. The summed E-state index contributed by atoms with van der Waals surface area (Å²) in [6.45, 7) is 5.12.